The second-order valence-corrected chi connectivity index (χ2v) is 5.27. The van der Waals surface area contributed by atoms with E-state index in [1.807, 2.05) is 4.90 Å². The van der Waals surface area contributed by atoms with E-state index in [1.54, 1.807) is 0 Å². The van der Waals surface area contributed by atoms with Crippen LogP contribution in [0.1, 0.15) is 31.2 Å². The van der Waals surface area contributed by atoms with Crippen LogP contribution in [0, 0.1) is 19.8 Å². The number of hydrogen-bond donors (Lipinski definition) is 0. The van der Waals surface area contributed by atoms with Crippen molar-refractivity contribution in [3.63, 3.8) is 0 Å². The van der Waals surface area contributed by atoms with Gasteiger partial charge in [0.25, 0.3) is 0 Å². The van der Waals surface area contributed by atoms with E-state index >= 15 is 0 Å². The molecule has 1 aromatic rings. The smallest absolute Gasteiger partial charge is 0.242 e. The molecule has 2 rings (SSSR count). The topological polar surface area (TPSA) is 25.2 Å². The Hall–Kier alpha value is -1.25. The van der Waals surface area contributed by atoms with E-state index in [0.29, 0.717) is 6.54 Å². The molecule has 0 bridgehead atoms. The van der Waals surface area contributed by atoms with Crippen LogP contribution in [0.5, 0.6) is 0 Å². The Labute approximate surface area is 103 Å². The Morgan fingerprint density at radius 3 is 2.29 bits per heavy atom. The first-order valence-corrected chi connectivity index (χ1v) is 6.48. The predicted octanol–water partition coefficient (Wildman–Crippen LogP) is 2.36. The third-order valence-electron chi connectivity index (χ3n) is 3.85. The number of likely N-dealkylation sites (tertiary alicyclic amines) is 1. The fourth-order valence-electron chi connectivity index (χ4n) is 2.44. The Morgan fingerprint density at radius 2 is 1.76 bits per heavy atom. The fourth-order valence-corrected chi connectivity index (χ4v) is 2.44. The van der Waals surface area contributed by atoms with Crippen LogP contribution in [-0.2, 0) is 11.3 Å². The molecule has 0 radical (unpaired) electrons. The lowest BCUT2D eigenvalue weighted by Gasteiger charge is -2.30. The molecule has 0 unspecified atom stereocenters. The number of amides is 1. The molecule has 0 spiro atoms. The Kier molecular flexibility index (Phi) is 3.55. The average Bonchev–Trinajstić information content (AvgIpc) is 2.61. The molecule has 3 nitrogen and oxygen atoms in total. The normalized spacial score (nSPS) is 17.5. The summed E-state index contributed by atoms with van der Waals surface area (Å²) in [5.41, 5.74) is 2.34. The molecule has 1 aliphatic heterocycles. The number of aromatic nitrogens is 1. The molecule has 0 N–H and O–H groups in total. The number of piperidine rings is 1. The van der Waals surface area contributed by atoms with Gasteiger partial charge in [0.15, 0.2) is 0 Å². The minimum absolute atomic E-state index is 0.263. The van der Waals surface area contributed by atoms with Crippen LogP contribution in [0.15, 0.2) is 12.1 Å². The molecule has 0 aliphatic carbocycles. The number of aryl methyl sites for hydroxylation is 2. The molecule has 0 aromatic carbocycles. The molecule has 3 heteroatoms. The van der Waals surface area contributed by atoms with E-state index in [-0.39, 0.29) is 5.91 Å². The van der Waals surface area contributed by atoms with Crippen LogP contribution in [-0.4, -0.2) is 28.5 Å². The summed E-state index contributed by atoms with van der Waals surface area (Å²) in [5, 5.41) is 0. The van der Waals surface area contributed by atoms with E-state index in [2.05, 4.69) is 37.5 Å². The van der Waals surface area contributed by atoms with Gasteiger partial charge in [-0.3, -0.25) is 4.79 Å². The van der Waals surface area contributed by atoms with Crippen molar-refractivity contribution in [2.45, 2.75) is 40.2 Å². The SMILES string of the molecule is Cc1ccc(C)n1CC(=O)N1CCC(C)CC1. The van der Waals surface area contributed by atoms with Gasteiger partial charge in [-0.25, -0.2) is 0 Å². The van der Waals surface area contributed by atoms with E-state index in [0.717, 1.165) is 31.8 Å². The van der Waals surface area contributed by atoms with E-state index < -0.39 is 0 Å². The molecule has 1 saturated heterocycles. The third kappa shape index (κ3) is 2.71. The van der Waals surface area contributed by atoms with Crippen molar-refractivity contribution in [3.8, 4) is 0 Å². The Balaban J connectivity index is 1.98. The number of nitrogens with zero attached hydrogens (tertiary/aromatic N) is 2. The van der Waals surface area contributed by atoms with Crippen LogP contribution in [0.4, 0.5) is 0 Å². The van der Waals surface area contributed by atoms with Gasteiger partial charge in [-0.2, -0.15) is 0 Å². The van der Waals surface area contributed by atoms with Gasteiger partial charge in [-0.05, 0) is 44.7 Å². The average molecular weight is 234 g/mol. The highest BCUT2D eigenvalue weighted by atomic mass is 16.2. The van der Waals surface area contributed by atoms with Crippen molar-refractivity contribution >= 4 is 5.91 Å². The maximum atomic E-state index is 12.2. The minimum Gasteiger partial charge on any atom is -0.341 e. The van der Waals surface area contributed by atoms with E-state index in [1.165, 1.54) is 11.4 Å². The lowest BCUT2D eigenvalue weighted by Crippen LogP contribution is -2.40. The summed E-state index contributed by atoms with van der Waals surface area (Å²) < 4.78 is 2.10. The van der Waals surface area contributed by atoms with Crippen LogP contribution in [0.3, 0.4) is 0 Å². The lowest BCUT2D eigenvalue weighted by molar-refractivity contribution is -0.133. The largest absolute Gasteiger partial charge is 0.341 e. The standard InChI is InChI=1S/C14H22N2O/c1-11-6-8-15(9-7-11)14(17)10-16-12(2)4-5-13(16)3/h4-5,11H,6-10H2,1-3H3. The van der Waals surface area contributed by atoms with Crippen LogP contribution in [0.25, 0.3) is 0 Å². The first kappa shape index (κ1) is 12.2. The first-order chi connectivity index (χ1) is 8.08. The summed E-state index contributed by atoms with van der Waals surface area (Å²) in [6.45, 7) is 8.73. The number of carbonyl (C=O) groups is 1. The fraction of sp³-hybridized carbons (Fsp3) is 0.643. The predicted molar refractivity (Wildman–Crippen MR) is 68.9 cm³/mol. The number of hydrogen-bond acceptors (Lipinski definition) is 1. The number of carbonyl (C=O) groups excluding carboxylic acids is 1. The maximum absolute atomic E-state index is 12.2. The highest BCUT2D eigenvalue weighted by molar-refractivity contribution is 5.76. The van der Waals surface area contributed by atoms with Gasteiger partial charge in [0.1, 0.15) is 6.54 Å². The summed E-state index contributed by atoms with van der Waals surface area (Å²) in [7, 11) is 0. The van der Waals surface area contributed by atoms with E-state index in [9.17, 15) is 4.79 Å². The van der Waals surface area contributed by atoms with Crippen molar-refractivity contribution in [2.75, 3.05) is 13.1 Å². The van der Waals surface area contributed by atoms with Gasteiger partial charge in [0, 0.05) is 24.5 Å². The second-order valence-electron chi connectivity index (χ2n) is 5.27. The summed E-state index contributed by atoms with van der Waals surface area (Å²) >= 11 is 0. The van der Waals surface area contributed by atoms with Gasteiger partial charge in [-0.1, -0.05) is 6.92 Å². The van der Waals surface area contributed by atoms with Gasteiger partial charge in [-0.15, -0.1) is 0 Å². The van der Waals surface area contributed by atoms with Crippen LogP contribution >= 0.6 is 0 Å². The first-order valence-electron chi connectivity index (χ1n) is 6.48. The molecule has 2 heterocycles. The molecular weight excluding hydrogens is 212 g/mol. The molecular formula is C14H22N2O. The second kappa shape index (κ2) is 4.94. The zero-order valence-electron chi connectivity index (χ0n) is 11.1. The Morgan fingerprint density at radius 1 is 1.24 bits per heavy atom. The quantitative estimate of drug-likeness (QED) is 0.771. The zero-order valence-corrected chi connectivity index (χ0v) is 11.1. The maximum Gasteiger partial charge on any atom is 0.242 e. The Bertz CT molecular complexity index is 381. The summed E-state index contributed by atoms with van der Waals surface area (Å²) in [5.74, 6) is 1.04. The van der Waals surface area contributed by atoms with Crippen molar-refractivity contribution in [1.82, 2.24) is 9.47 Å². The summed E-state index contributed by atoms with van der Waals surface area (Å²) in [6, 6.07) is 4.14. The van der Waals surface area contributed by atoms with Crippen molar-refractivity contribution in [2.24, 2.45) is 5.92 Å². The molecule has 1 fully saturated rings. The van der Waals surface area contributed by atoms with Gasteiger partial charge in [0.2, 0.25) is 5.91 Å². The van der Waals surface area contributed by atoms with Gasteiger partial charge in [0.05, 0.1) is 0 Å². The highest BCUT2D eigenvalue weighted by Gasteiger charge is 2.20. The summed E-state index contributed by atoms with van der Waals surface area (Å²) in [6.07, 6.45) is 2.30. The van der Waals surface area contributed by atoms with Crippen LogP contribution < -0.4 is 0 Å². The van der Waals surface area contributed by atoms with Crippen molar-refractivity contribution in [1.29, 1.82) is 0 Å². The third-order valence-corrected chi connectivity index (χ3v) is 3.85. The minimum atomic E-state index is 0.263. The molecule has 17 heavy (non-hydrogen) atoms. The van der Waals surface area contributed by atoms with Crippen LogP contribution in [0.2, 0.25) is 0 Å². The summed E-state index contributed by atoms with van der Waals surface area (Å²) in [4.78, 5) is 14.2. The van der Waals surface area contributed by atoms with Gasteiger partial charge < -0.3 is 9.47 Å². The highest BCUT2D eigenvalue weighted by Crippen LogP contribution is 2.17. The molecule has 1 amide bonds. The lowest BCUT2D eigenvalue weighted by atomic mass is 9.99. The zero-order chi connectivity index (χ0) is 12.4. The monoisotopic (exact) mass is 234 g/mol. The van der Waals surface area contributed by atoms with E-state index in [4.69, 9.17) is 0 Å². The van der Waals surface area contributed by atoms with Crippen molar-refractivity contribution < 1.29 is 4.79 Å². The van der Waals surface area contributed by atoms with Crippen molar-refractivity contribution in [3.05, 3.63) is 23.5 Å². The molecule has 1 aliphatic rings. The molecule has 94 valence electrons. The van der Waals surface area contributed by atoms with Gasteiger partial charge >= 0.3 is 0 Å². The molecule has 1 aromatic heterocycles. The molecule has 0 atom stereocenters. The number of rotatable bonds is 2. The molecule has 0 saturated carbocycles.